The Morgan fingerprint density at radius 2 is 2.15 bits per heavy atom. The van der Waals surface area contributed by atoms with Gasteiger partial charge >= 0.3 is 0 Å². The Bertz CT molecular complexity index is 470. The minimum atomic E-state index is -0.501. The van der Waals surface area contributed by atoms with Crippen LogP contribution < -0.4 is 11.3 Å². The molecule has 3 N–H and O–H groups in total. The second kappa shape index (κ2) is 6.70. The Morgan fingerprint density at radius 1 is 1.45 bits per heavy atom. The maximum absolute atomic E-state index is 13.6. The van der Waals surface area contributed by atoms with E-state index in [4.69, 9.17) is 5.84 Å². The summed E-state index contributed by atoms with van der Waals surface area (Å²) in [6.45, 7) is 3.66. The highest BCUT2D eigenvalue weighted by molar-refractivity contribution is 5.99. The van der Waals surface area contributed by atoms with Crippen LogP contribution in [0.4, 0.5) is 10.1 Å². The molecule has 1 aliphatic rings. The Balaban J connectivity index is 2.08. The summed E-state index contributed by atoms with van der Waals surface area (Å²) in [5.41, 5.74) is 2.67. The molecule has 20 heavy (non-hydrogen) atoms. The van der Waals surface area contributed by atoms with E-state index in [9.17, 15) is 9.18 Å². The molecule has 0 spiro atoms. The third-order valence-corrected chi connectivity index (χ3v) is 3.99. The maximum atomic E-state index is 13.6. The van der Waals surface area contributed by atoms with Crippen LogP contribution in [0, 0.1) is 11.7 Å². The van der Waals surface area contributed by atoms with Gasteiger partial charge in [-0.1, -0.05) is 25.8 Å². The minimum absolute atomic E-state index is 0.0770. The van der Waals surface area contributed by atoms with Gasteiger partial charge < -0.3 is 10.3 Å². The number of nitrogens with two attached hydrogens (primary N) is 1. The van der Waals surface area contributed by atoms with Crippen LogP contribution in [0.2, 0.25) is 0 Å². The molecule has 4 nitrogen and oxygen atoms in total. The number of rotatable bonds is 4. The van der Waals surface area contributed by atoms with Crippen LogP contribution in [0.1, 0.15) is 43.0 Å². The van der Waals surface area contributed by atoms with Gasteiger partial charge in [-0.3, -0.25) is 10.6 Å². The molecule has 0 aromatic heterocycles. The molecule has 1 heterocycles. The van der Waals surface area contributed by atoms with Crippen molar-refractivity contribution in [3.63, 3.8) is 0 Å². The number of benzene rings is 1. The number of halogens is 1. The van der Waals surface area contributed by atoms with Crippen LogP contribution in [0.3, 0.4) is 0 Å². The smallest absolute Gasteiger partial charge is 0.256 e. The first-order valence-electron chi connectivity index (χ1n) is 7.21. The third kappa shape index (κ3) is 3.10. The maximum Gasteiger partial charge on any atom is 0.256 e. The molecule has 0 saturated carbocycles. The molecular weight excluding hydrogens is 257 g/mol. The number of nitrogen functional groups attached to an aromatic ring is 1. The summed E-state index contributed by atoms with van der Waals surface area (Å²) in [6.07, 6.45) is 4.46. The number of nitrogens with one attached hydrogen (secondary N) is 1. The van der Waals surface area contributed by atoms with Crippen molar-refractivity contribution >= 4 is 11.6 Å². The lowest BCUT2D eigenvalue weighted by molar-refractivity contribution is 0.0687. The number of nitrogens with zero attached hydrogens (tertiary/aromatic N) is 1. The topological polar surface area (TPSA) is 58.4 Å². The van der Waals surface area contributed by atoms with Gasteiger partial charge in [-0.15, -0.1) is 0 Å². The fourth-order valence-electron chi connectivity index (χ4n) is 2.85. The number of hydrogen-bond donors (Lipinski definition) is 2. The molecule has 0 atom stereocenters. The van der Waals surface area contributed by atoms with Crippen molar-refractivity contribution in [2.24, 2.45) is 11.8 Å². The van der Waals surface area contributed by atoms with Gasteiger partial charge in [0, 0.05) is 13.1 Å². The molecule has 2 rings (SSSR count). The van der Waals surface area contributed by atoms with Crippen molar-refractivity contribution in [2.45, 2.75) is 32.6 Å². The molecule has 5 heteroatoms. The van der Waals surface area contributed by atoms with Crippen molar-refractivity contribution < 1.29 is 9.18 Å². The molecule has 0 unspecified atom stereocenters. The summed E-state index contributed by atoms with van der Waals surface area (Å²) in [6, 6.07) is 4.44. The zero-order chi connectivity index (χ0) is 14.5. The number of anilines is 1. The minimum Gasteiger partial charge on any atom is -0.339 e. The van der Waals surface area contributed by atoms with Gasteiger partial charge in [0.2, 0.25) is 0 Å². The standard InChI is InChI=1S/C15H22FN3O/c1-2-4-11-7-9-19(10-8-11)15(20)12-5-3-6-13(16)14(12)18-17/h3,5-6,11,18H,2,4,7-10,17H2,1H3. The van der Waals surface area contributed by atoms with Crippen molar-refractivity contribution in [3.05, 3.63) is 29.6 Å². The number of para-hydroxylation sites is 1. The summed E-state index contributed by atoms with van der Waals surface area (Å²) < 4.78 is 13.6. The molecule has 0 bridgehead atoms. The van der Waals surface area contributed by atoms with E-state index in [2.05, 4.69) is 12.3 Å². The van der Waals surface area contributed by atoms with Gasteiger partial charge in [0.05, 0.1) is 11.3 Å². The summed E-state index contributed by atoms with van der Waals surface area (Å²) in [5, 5.41) is 0. The average Bonchev–Trinajstić information content (AvgIpc) is 2.47. The van der Waals surface area contributed by atoms with Gasteiger partial charge in [-0.25, -0.2) is 4.39 Å². The van der Waals surface area contributed by atoms with Gasteiger partial charge in [-0.2, -0.15) is 0 Å². The highest BCUT2D eigenvalue weighted by atomic mass is 19.1. The van der Waals surface area contributed by atoms with E-state index in [1.165, 1.54) is 25.0 Å². The molecule has 1 aromatic rings. The Kier molecular flexibility index (Phi) is 4.95. The van der Waals surface area contributed by atoms with E-state index in [-0.39, 0.29) is 11.6 Å². The van der Waals surface area contributed by atoms with E-state index in [0.717, 1.165) is 25.9 Å². The van der Waals surface area contributed by atoms with Crippen molar-refractivity contribution in [1.29, 1.82) is 0 Å². The van der Waals surface area contributed by atoms with Crippen LogP contribution >= 0.6 is 0 Å². The van der Waals surface area contributed by atoms with E-state index >= 15 is 0 Å². The Hall–Kier alpha value is -1.62. The molecule has 110 valence electrons. The van der Waals surface area contributed by atoms with Crippen LogP contribution in [0.5, 0.6) is 0 Å². The highest BCUT2D eigenvalue weighted by Gasteiger charge is 2.25. The van der Waals surface area contributed by atoms with E-state index in [1.54, 1.807) is 11.0 Å². The van der Waals surface area contributed by atoms with Crippen molar-refractivity contribution in [1.82, 2.24) is 4.90 Å². The fourth-order valence-corrected chi connectivity index (χ4v) is 2.85. The normalized spacial score (nSPS) is 16.2. The lowest BCUT2D eigenvalue weighted by Crippen LogP contribution is -2.39. The SMILES string of the molecule is CCCC1CCN(C(=O)c2cccc(F)c2NN)CC1. The van der Waals surface area contributed by atoms with Gasteiger partial charge in [0.25, 0.3) is 5.91 Å². The van der Waals surface area contributed by atoms with E-state index in [0.29, 0.717) is 11.5 Å². The summed E-state index contributed by atoms with van der Waals surface area (Å²) in [4.78, 5) is 14.3. The second-order valence-electron chi connectivity index (χ2n) is 5.33. The van der Waals surface area contributed by atoms with Gasteiger partial charge in [-0.05, 0) is 30.9 Å². The van der Waals surface area contributed by atoms with E-state index < -0.39 is 5.82 Å². The monoisotopic (exact) mass is 279 g/mol. The summed E-state index contributed by atoms with van der Waals surface area (Å²) in [5.74, 6) is 5.38. The highest BCUT2D eigenvalue weighted by Crippen LogP contribution is 2.25. The summed E-state index contributed by atoms with van der Waals surface area (Å²) >= 11 is 0. The molecule has 0 radical (unpaired) electrons. The summed E-state index contributed by atoms with van der Waals surface area (Å²) in [7, 11) is 0. The second-order valence-corrected chi connectivity index (χ2v) is 5.33. The Labute approximate surface area is 119 Å². The number of piperidine rings is 1. The average molecular weight is 279 g/mol. The molecule has 1 amide bonds. The molecule has 1 saturated heterocycles. The van der Waals surface area contributed by atoms with E-state index in [1.807, 2.05) is 0 Å². The molecule has 1 fully saturated rings. The predicted octanol–water partition coefficient (Wildman–Crippen LogP) is 2.76. The predicted molar refractivity (Wildman–Crippen MR) is 77.7 cm³/mol. The zero-order valence-corrected chi connectivity index (χ0v) is 11.9. The lowest BCUT2D eigenvalue weighted by atomic mass is 9.92. The molecular formula is C15H22FN3O. The van der Waals surface area contributed by atoms with Crippen LogP contribution in [-0.2, 0) is 0 Å². The molecule has 1 aliphatic heterocycles. The zero-order valence-electron chi connectivity index (χ0n) is 11.9. The first kappa shape index (κ1) is 14.8. The fraction of sp³-hybridized carbons (Fsp3) is 0.533. The Morgan fingerprint density at radius 3 is 2.75 bits per heavy atom. The lowest BCUT2D eigenvalue weighted by Gasteiger charge is -2.32. The first-order chi connectivity index (χ1) is 9.67. The number of hydrazine groups is 1. The molecule has 0 aliphatic carbocycles. The van der Waals surface area contributed by atoms with Gasteiger partial charge in [0.15, 0.2) is 0 Å². The number of likely N-dealkylation sites (tertiary alicyclic amines) is 1. The number of carbonyl (C=O) groups is 1. The number of amides is 1. The largest absolute Gasteiger partial charge is 0.339 e. The first-order valence-corrected chi connectivity index (χ1v) is 7.21. The van der Waals surface area contributed by atoms with Crippen molar-refractivity contribution in [2.75, 3.05) is 18.5 Å². The van der Waals surface area contributed by atoms with Gasteiger partial charge in [0.1, 0.15) is 5.82 Å². The molecule has 1 aromatic carbocycles. The quantitative estimate of drug-likeness (QED) is 0.658. The van der Waals surface area contributed by atoms with Crippen LogP contribution in [-0.4, -0.2) is 23.9 Å². The van der Waals surface area contributed by atoms with Crippen LogP contribution in [0.25, 0.3) is 0 Å². The van der Waals surface area contributed by atoms with Crippen LogP contribution in [0.15, 0.2) is 18.2 Å². The van der Waals surface area contributed by atoms with Crippen molar-refractivity contribution in [3.8, 4) is 0 Å². The third-order valence-electron chi connectivity index (χ3n) is 3.99. The number of hydrogen-bond acceptors (Lipinski definition) is 3. The number of carbonyl (C=O) groups excluding carboxylic acids is 1.